The monoisotopic (exact) mass is 261 g/mol. The van der Waals surface area contributed by atoms with Gasteiger partial charge in [-0.2, -0.15) is 0 Å². The van der Waals surface area contributed by atoms with Crippen molar-refractivity contribution < 1.29 is 4.92 Å². The van der Waals surface area contributed by atoms with Crippen molar-refractivity contribution in [3.63, 3.8) is 0 Å². The summed E-state index contributed by atoms with van der Waals surface area (Å²) in [6.45, 7) is 1.97. The summed E-state index contributed by atoms with van der Waals surface area (Å²) in [7, 11) is 0. The lowest BCUT2D eigenvalue weighted by atomic mass is 10.3. The summed E-state index contributed by atoms with van der Waals surface area (Å²) in [4.78, 5) is 10.9. The van der Waals surface area contributed by atoms with E-state index in [1.54, 1.807) is 6.07 Å². The maximum atomic E-state index is 10.4. The number of rotatable bonds is 3. The molecule has 70 valence electrons. The van der Waals surface area contributed by atoms with Crippen molar-refractivity contribution in [3.8, 4) is 0 Å². The van der Waals surface area contributed by atoms with Crippen LogP contribution in [0.25, 0.3) is 6.08 Å². The third-order valence-corrected chi connectivity index (χ3v) is 3.26. The molecule has 0 unspecified atom stereocenters. The fourth-order valence-electron chi connectivity index (χ4n) is 0.799. The van der Waals surface area contributed by atoms with Crippen molar-refractivity contribution in [1.29, 1.82) is 0 Å². The summed E-state index contributed by atoms with van der Waals surface area (Å²) < 4.78 is 0. The van der Waals surface area contributed by atoms with Crippen molar-refractivity contribution in [2.45, 2.75) is 6.92 Å². The quantitative estimate of drug-likeness (QED) is 0.475. The number of nitro groups is 1. The van der Waals surface area contributed by atoms with Gasteiger partial charge in [-0.1, -0.05) is 32.8 Å². The highest BCUT2D eigenvalue weighted by Gasteiger charge is 2.07. The molecule has 1 aromatic rings. The molecule has 0 fully saturated rings. The van der Waals surface area contributed by atoms with Gasteiger partial charge in [-0.3, -0.25) is 10.1 Å². The van der Waals surface area contributed by atoms with Gasteiger partial charge < -0.3 is 0 Å². The summed E-state index contributed by atoms with van der Waals surface area (Å²) in [5.41, 5.74) is 1.15. The zero-order chi connectivity index (χ0) is 9.84. The molecule has 3 nitrogen and oxygen atoms in total. The van der Waals surface area contributed by atoms with Crippen LogP contribution in [0.5, 0.6) is 0 Å². The second-order valence-corrected chi connectivity index (χ2v) is 4.21. The summed E-state index contributed by atoms with van der Waals surface area (Å²) in [6, 6.07) is 3.28. The Morgan fingerprint density at radius 1 is 1.77 bits per heavy atom. The van der Waals surface area contributed by atoms with Crippen LogP contribution < -0.4 is 0 Å². The van der Waals surface area contributed by atoms with Crippen LogP contribution >= 0.6 is 27.3 Å². The van der Waals surface area contributed by atoms with E-state index in [1.807, 2.05) is 13.0 Å². The average molecular weight is 262 g/mol. The first kappa shape index (κ1) is 10.4. The second-order valence-electron chi connectivity index (χ2n) is 2.56. The average Bonchev–Trinajstić information content (AvgIpc) is 2.52. The number of nitrogens with zero attached hydrogens (tertiary/aromatic N) is 1. The first-order valence-corrected chi connectivity index (χ1v) is 5.54. The molecule has 5 heteroatoms. The zero-order valence-electron chi connectivity index (χ0n) is 6.99. The van der Waals surface area contributed by atoms with Crippen molar-refractivity contribution >= 4 is 38.3 Å². The number of allylic oxidation sites excluding steroid dienone is 1. The van der Waals surface area contributed by atoms with Crippen LogP contribution in [0.3, 0.4) is 0 Å². The molecule has 1 aromatic heterocycles. The third kappa shape index (κ3) is 2.93. The zero-order valence-corrected chi connectivity index (χ0v) is 9.39. The Bertz CT molecular complexity index is 346. The van der Waals surface area contributed by atoms with E-state index in [9.17, 15) is 10.1 Å². The molecule has 13 heavy (non-hydrogen) atoms. The Morgan fingerprint density at radius 2 is 2.46 bits per heavy atom. The van der Waals surface area contributed by atoms with E-state index < -0.39 is 0 Å². The second kappa shape index (κ2) is 4.53. The SMILES string of the molecule is C/C(=C/c1ccc([N+](=O)[O-])s1)CBr. The number of halogens is 1. The van der Waals surface area contributed by atoms with Crippen molar-refractivity contribution in [2.24, 2.45) is 0 Å². The smallest absolute Gasteiger partial charge is 0.258 e. The lowest BCUT2D eigenvalue weighted by Crippen LogP contribution is -1.80. The molecule has 0 aromatic carbocycles. The molecule has 0 radical (unpaired) electrons. The summed E-state index contributed by atoms with van der Waals surface area (Å²) >= 11 is 4.50. The number of hydrogen-bond acceptors (Lipinski definition) is 3. The van der Waals surface area contributed by atoms with Gasteiger partial charge in [0.1, 0.15) is 0 Å². The van der Waals surface area contributed by atoms with E-state index in [1.165, 1.54) is 17.4 Å². The molecule has 0 amide bonds. The molecule has 1 heterocycles. The highest BCUT2D eigenvalue weighted by atomic mass is 79.9. The maximum absolute atomic E-state index is 10.4. The van der Waals surface area contributed by atoms with Crippen LogP contribution in [0.2, 0.25) is 0 Å². The van der Waals surface area contributed by atoms with Gasteiger partial charge >= 0.3 is 5.00 Å². The predicted molar refractivity (Wildman–Crippen MR) is 58.4 cm³/mol. The molecule has 0 bridgehead atoms. The Labute approximate surface area is 88.4 Å². The molecule has 0 N–H and O–H groups in total. The Balaban J connectivity index is 2.86. The molecule has 0 aliphatic carbocycles. The fourth-order valence-corrected chi connectivity index (χ4v) is 1.81. The minimum absolute atomic E-state index is 0.189. The first-order valence-electron chi connectivity index (χ1n) is 3.61. The Morgan fingerprint density at radius 3 is 2.92 bits per heavy atom. The molecule has 0 saturated carbocycles. The van der Waals surface area contributed by atoms with Gasteiger partial charge in [-0.25, -0.2) is 0 Å². The number of hydrogen-bond donors (Lipinski definition) is 0. The molecule has 0 saturated heterocycles. The lowest BCUT2D eigenvalue weighted by molar-refractivity contribution is -0.380. The van der Waals surface area contributed by atoms with E-state index in [0.717, 1.165) is 15.8 Å². The fraction of sp³-hybridized carbons (Fsp3) is 0.250. The van der Waals surface area contributed by atoms with Gasteiger partial charge in [0.05, 0.1) is 4.92 Å². The Hall–Kier alpha value is -0.680. The summed E-state index contributed by atoms with van der Waals surface area (Å²) in [6.07, 6.45) is 1.94. The van der Waals surface area contributed by atoms with Gasteiger partial charge in [0.2, 0.25) is 0 Å². The normalized spacial score (nSPS) is 11.7. The molecular weight excluding hydrogens is 254 g/mol. The van der Waals surface area contributed by atoms with Gasteiger partial charge in [0.15, 0.2) is 0 Å². The van der Waals surface area contributed by atoms with E-state index in [4.69, 9.17) is 0 Å². The van der Waals surface area contributed by atoms with Crippen LogP contribution in [0.1, 0.15) is 11.8 Å². The standard InChI is InChI=1S/C8H8BrNO2S/c1-6(5-9)4-7-2-3-8(13-7)10(11)12/h2-4H,5H2,1H3/b6-4-. The molecule has 0 aliphatic rings. The Kier molecular flexibility index (Phi) is 3.62. The van der Waals surface area contributed by atoms with Crippen LogP contribution in [-0.4, -0.2) is 10.3 Å². The third-order valence-electron chi connectivity index (χ3n) is 1.39. The van der Waals surface area contributed by atoms with Crippen molar-refractivity contribution in [3.05, 3.63) is 32.7 Å². The molecule has 0 aliphatic heterocycles. The molecule has 0 atom stereocenters. The first-order chi connectivity index (χ1) is 6.13. The highest BCUT2D eigenvalue weighted by molar-refractivity contribution is 9.09. The van der Waals surface area contributed by atoms with Crippen LogP contribution in [0.4, 0.5) is 5.00 Å². The van der Waals surface area contributed by atoms with Gasteiger partial charge in [-0.15, -0.1) is 0 Å². The number of alkyl halides is 1. The molecular formula is C8H8BrNO2S. The lowest BCUT2D eigenvalue weighted by Gasteiger charge is -1.89. The predicted octanol–water partition coefficient (Wildman–Crippen LogP) is 3.45. The summed E-state index contributed by atoms with van der Waals surface area (Å²) in [5, 5.41) is 11.3. The molecule has 1 rings (SSSR count). The van der Waals surface area contributed by atoms with Crippen LogP contribution in [-0.2, 0) is 0 Å². The van der Waals surface area contributed by atoms with Gasteiger partial charge in [0.25, 0.3) is 0 Å². The van der Waals surface area contributed by atoms with E-state index in [0.29, 0.717) is 0 Å². The topological polar surface area (TPSA) is 43.1 Å². The largest absolute Gasteiger partial charge is 0.324 e. The maximum Gasteiger partial charge on any atom is 0.324 e. The van der Waals surface area contributed by atoms with E-state index >= 15 is 0 Å². The molecule has 0 spiro atoms. The number of thiophene rings is 1. The van der Waals surface area contributed by atoms with Gasteiger partial charge in [0, 0.05) is 16.3 Å². The van der Waals surface area contributed by atoms with Gasteiger partial charge in [-0.05, 0) is 19.1 Å². The van der Waals surface area contributed by atoms with Crippen LogP contribution in [0.15, 0.2) is 17.7 Å². The van der Waals surface area contributed by atoms with Crippen LogP contribution in [0, 0.1) is 10.1 Å². The van der Waals surface area contributed by atoms with E-state index in [2.05, 4.69) is 15.9 Å². The van der Waals surface area contributed by atoms with Crippen molar-refractivity contribution in [1.82, 2.24) is 0 Å². The van der Waals surface area contributed by atoms with E-state index in [-0.39, 0.29) is 9.92 Å². The summed E-state index contributed by atoms with van der Waals surface area (Å²) in [5.74, 6) is 0. The highest BCUT2D eigenvalue weighted by Crippen LogP contribution is 2.25. The van der Waals surface area contributed by atoms with Crippen molar-refractivity contribution in [2.75, 3.05) is 5.33 Å². The minimum Gasteiger partial charge on any atom is -0.258 e. The minimum atomic E-state index is -0.370.